The van der Waals surface area contributed by atoms with E-state index >= 15 is 0 Å². The number of aryl methyl sites for hydroxylation is 1. The van der Waals surface area contributed by atoms with E-state index in [0.717, 1.165) is 38.3 Å². The van der Waals surface area contributed by atoms with Gasteiger partial charge in [-0.15, -0.1) is 0 Å². The van der Waals surface area contributed by atoms with E-state index in [-0.39, 0.29) is 11.9 Å². The third kappa shape index (κ3) is 4.94. The molecular weight excluding hydrogens is 328 g/mol. The number of amides is 1. The zero-order chi connectivity index (χ0) is 18.5. The lowest BCUT2D eigenvalue weighted by atomic mass is 10.2. The minimum Gasteiger partial charge on any atom is -0.350 e. The van der Waals surface area contributed by atoms with Gasteiger partial charge in [0, 0.05) is 51.0 Å². The van der Waals surface area contributed by atoms with Gasteiger partial charge in [0.05, 0.1) is 24.3 Å². The van der Waals surface area contributed by atoms with Crippen LogP contribution in [0.15, 0.2) is 24.8 Å². The van der Waals surface area contributed by atoms with Gasteiger partial charge in [0.15, 0.2) is 0 Å². The normalized spacial score (nSPS) is 16.3. The zero-order valence-electron chi connectivity index (χ0n) is 16.1. The average molecular weight is 358 g/mol. The molecular formula is C19H30N6O. The molecule has 3 rings (SSSR count). The maximum atomic E-state index is 12.2. The Balaban J connectivity index is 1.52. The van der Waals surface area contributed by atoms with Crippen molar-refractivity contribution >= 4 is 5.91 Å². The van der Waals surface area contributed by atoms with Gasteiger partial charge < -0.3 is 9.88 Å². The molecule has 0 fully saturated rings. The second-order valence-corrected chi connectivity index (χ2v) is 7.67. The number of imidazole rings is 1. The van der Waals surface area contributed by atoms with E-state index in [1.165, 1.54) is 5.69 Å². The molecule has 26 heavy (non-hydrogen) atoms. The molecule has 1 aliphatic rings. The van der Waals surface area contributed by atoms with E-state index in [1.807, 2.05) is 17.7 Å². The second-order valence-electron chi connectivity index (χ2n) is 7.67. The quantitative estimate of drug-likeness (QED) is 0.824. The Morgan fingerprint density at radius 3 is 2.88 bits per heavy atom. The summed E-state index contributed by atoms with van der Waals surface area (Å²) < 4.78 is 4.05. The highest BCUT2D eigenvalue weighted by molar-refractivity contribution is 5.76. The molecule has 2 aromatic rings. The molecule has 1 N–H and O–H groups in total. The smallest absolute Gasteiger partial charge is 0.222 e. The van der Waals surface area contributed by atoms with E-state index in [9.17, 15) is 4.79 Å². The van der Waals surface area contributed by atoms with Gasteiger partial charge >= 0.3 is 0 Å². The Morgan fingerprint density at radius 1 is 1.31 bits per heavy atom. The van der Waals surface area contributed by atoms with E-state index in [2.05, 4.69) is 44.9 Å². The fourth-order valence-electron chi connectivity index (χ4n) is 3.51. The van der Waals surface area contributed by atoms with Crippen LogP contribution in [-0.4, -0.2) is 43.2 Å². The molecule has 0 bridgehead atoms. The molecule has 0 saturated heterocycles. The number of carbonyl (C=O) groups is 1. The Labute approximate surface area is 155 Å². The van der Waals surface area contributed by atoms with Gasteiger partial charge in [0.1, 0.15) is 0 Å². The van der Waals surface area contributed by atoms with Gasteiger partial charge in [0.25, 0.3) is 0 Å². The van der Waals surface area contributed by atoms with Crippen LogP contribution in [0.4, 0.5) is 0 Å². The summed E-state index contributed by atoms with van der Waals surface area (Å²) in [5.41, 5.74) is 2.19. The monoisotopic (exact) mass is 358 g/mol. The summed E-state index contributed by atoms with van der Waals surface area (Å²) in [7, 11) is 0. The fraction of sp³-hybridized carbons (Fsp3) is 0.632. The molecule has 0 aromatic carbocycles. The Hall–Kier alpha value is -2.15. The molecule has 0 spiro atoms. The summed E-state index contributed by atoms with van der Waals surface area (Å²) in [6.45, 7) is 11.2. The molecule has 3 heterocycles. The number of hydrogen-bond donors (Lipinski definition) is 1. The number of nitrogens with one attached hydrogen (secondary N) is 1. The number of hydrogen-bond acceptors (Lipinski definition) is 4. The SMILES string of the molecule is CC(C)CN1CCCn2nc(CNC(=O)C[C@@H](C)n3ccnc3)cc2C1. The Kier molecular flexibility index (Phi) is 6.08. The summed E-state index contributed by atoms with van der Waals surface area (Å²) in [6.07, 6.45) is 6.91. The summed E-state index contributed by atoms with van der Waals surface area (Å²) in [5.74, 6) is 0.705. The van der Waals surface area contributed by atoms with Crippen molar-refractivity contribution in [3.8, 4) is 0 Å². The summed E-state index contributed by atoms with van der Waals surface area (Å²) in [6, 6.07) is 2.24. The number of rotatable bonds is 7. The fourth-order valence-corrected chi connectivity index (χ4v) is 3.51. The van der Waals surface area contributed by atoms with Crippen LogP contribution in [0.25, 0.3) is 0 Å². The molecule has 1 aliphatic heterocycles. The Morgan fingerprint density at radius 2 is 2.15 bits per heavy atom. The molecule has 142 valence electrons. The van der Waals surface area contributed by atoms with Gasteiger partial charge in [-0.25, -0.2) is 4.98 Å². The number of fused-ring (bicyclic) bond motifs is 1. The van der Waals surface area contributed by atoms with Gasteiger partial charge in [-0.05, 0) is 25.3 Å². The van der Waals surface area contributed by atoms with Crippen LogP contribution in [0, 0.1) is 5.92 Å². The lowest BCUT2D eigenvalue weighted by molar-refractivity contribution is -0.121. The molecule has 0 radical (unpaired) electrons. The van der Waals surface area contributed by atoms with Crippen LogP contribution in [0.3, 0.4) is 0 Å². The van der Waals surface area contributed by atoms with Crippen molar-refractivity contribution < 1.29 is 4.79 Å². The molecule has 0 unspecified atom stereocenters. The highest BCUT2D eigenvalue weighted by Gasteiger charge is 2.18. The average Bonchev–Trinajstić information content (AvgIpc) is 3.20. The number of aromatic nitrogens is 4. The van der Waals surface area contributed by atoms with E-state index in [1.54, 1.807) is 12.5 Å². The van der Waals surface area contributed by atoms with Gasteiger partial charge in [0.2, 0.25) is 5.91 Å². The molecule has 7 nitrogen and oxygen atoms in total. The topological polar surface area (TPSA) is 68.0 Å². The van der Waals surface area contributed by atoms with Crippen molar-refractivity contribution in [2.24, 2.45) is 5.92 Å². The summed E-state index contributed by atoms with van der Waals surface area (Å²) in [5, 5.41) is 7.68. The van der Waals surface area contributed by atoms with E-state index in [0.29, 0.717) is 18.9 Å². The minimum absolute atomic E-state index is 0.0378. The summed E-state index contributed by atoms with van der Waals surface area (Å²) >= 11 is 0. The molecule has 1 amide bonds. The molecule has 0 saturated carbocycles. The predicted octanol–water partition coefficient (Wildman–Crippen LogP) is 2.21. The molecule has 2 aromatic heterocycles. The van der Waals surface area contributed by atoms with Gasteiger partial charge in [-0.3, -0.25) is 14.4 Å². The maximum Gasteiger partial charge on any atom is 0.222 e. The largest absolute Gasteiger partial charge is 0.350 e. The number of nitrogens with zero attached hydrogens (tertiary/aromatic N) is 5. The first kappa shape index (κ1) is 18.6. The van der Waals surface area contributed by atoms with Crippen LogP contribution >= 0.6 is 0 Å². The minimum atomic E-state index is 0.0378. The second kappa shape index (κ2) is 8.49. The van der Waals surface area contributed by atoms with Crippen molar-refractivity contribution in [2.45, 2.75) is 59.3 Å². The first-order valence-corrected chi connectivity index (χ1v) is 9.53. The van der Waals surface area contributed by atoms with E-state index in [4.69, 9.17) is 0 Å². The van der Waals surface area contributed by atoms with Crippen molar-refractivity contribution in [3.05, 3.63) is 36.2 Å². The van der Waals surface area contributed by atoms with Crippen molar-refractivity contribution in [2.75, 3.05) is 13.1 Å². The lowest BCUT2D eigenvalue weighted by Gasteiger charge is -2.21. The van der Waals surface area contributed by atoms with Crippen molar-refractivity contribution in [3.63, 3.8) is 0 Å². The zero-order valence-corrected chi connectivity index (χ0v) is 16.1. The summed E-state index contributed by atoms with van der Waals surface area (Å²) in [4.78, 5) is 18.7. The highest BCUT2D eigenvalue weighted by atomic mass is 16.1. The third-order valence-corrected chi connectivity index (χ3v) is 4.75. The lowest BCUT2D eigenvalue weighted by Crippen LogP contribution is -2.27. The third-order valence-electron chi connectivity index (χ3n) is 4.75. The van der Waals surface area contributed by atoms with Crippen molar-refractivity contribution in [1.29, 1.82) is 0 Å². The molecule has 7 heteroatoms. The Bertz CT molecular complexity index is 706. The molecule has 1 atom stereocenters. The maximum absolute atomic E-state index is 12.2. The van der Waals surface area contributed by atoms with Crippen LogP contribution < -0.4 is 5.32 Å². The van der Waals surface area contributed by atoms with Gasteiger partial charge in [-0.1, -0.05) is 13.8 Å². The van der Waals surface area contributed by atoms with E-state index < -0.39 is 0 Å². The van der Waals surface area contributed by atoms with Crippen LogP contribution in [0.5, 0.6) is 0 Å². The molecule has 0 aliphatic carbocycles. The number of carbonyl (C=O) groups excluding carboxylic acids is 1. The standard InChI is InChI=1S/C19H30N6O/c1-15(2)12-23-6-4-7-25-18(13-23)10-17(22-25)11-21-19(26)9-16(3)24-8-5-20-14-24/h5,8,10,14-16H,4,6-7,9,11-13H2,1-3H3,(H,21,26)/t16-/m1/s1. The first-order chi connectivity index (χ1) is 12.5. The van der Waals surface area contributed by atoms with Crippen LogP contribution in [-0.2, 0) is 24.4 Å². The van der Waals surface area contributed by atoms with Crippen LogP contribution in [0.1, 0.15) is 51.0 Å². The highest BCUT2D eigenvalue weighted by Crippen LogP contribution is 2.15. The van der Waals surface area contributed by atoms with Crippen LogP contribution in [0.2, 0.25) is 0 Å². The van der Waals surface area contributed by atoms with Crippen molar-refractivity contribution in [1.82, 2.24) is 29.5 Å². The predicted molar refractivity (Wildman–Crippen MR) is 100 cm³/mol. The first-order valence-electron chi connectivity index (χ1n) is 9.53. The van der Waals surface area contributed by atoms with Gasteiger partial charge in [-0.2, -0.15) is 5.10 Å².